The number of carbonyl (C=O) groups is 1. The molecule has 7 heteroatoms. The smallest absolute Gasteiger partial charge is 0.224 e. The second kappa shape index (κ2) is 11.1. The Morgan fingerprint density at radius 3 is 2.71 bits per heavy atom. The molecule has 24 heavy (non-hydrogen) atoms. The van der Waals surface area contributed by atoms with Crippen molar-refractivity contribution in [2.45, 2.75) is 12.8 Å². The Labute approximate surface area is 150 Å². The Kier molecular flexibility index (Phi) is 9.52. The number of hydrogen-bond acceptors (Lipinski definition) is 5. The summed E-state index contributed by atoms with van der Waals surface area (Å²) >= 11 is 0. The third kappa shape index (κ3) is 6.55. The molecule has 1 fully saturated rings. The van der Waals surface area contributed by atoms with Crippen molar-refractivity contribution in [2.24, 2.45) is 11.7 Å². The largest absolute Gasteiger partial charge is 0.497 e. The van der Waals surface area contributed by atoms with Gasteiger partial charge in [-0.15, -0.1) is 12.4 Å². The minimum absolute atomic E-state index is 0. The molecular weight excluding hydrogens is 330 g/mol. The molecule has 1 aromatic rings. The van der Waals surface area contributed by atoms with Crippen LogP contribution in [0.1, 0.15) is 12.8 Å². The van der Waals surface area contributed by atoms with Crippen molar-refractivity contribution < 1.29 is 14.3 Å². The van der Waals surface area contributed by atoms with Crippen LogP contribution in [0, 0.1) is 5.92 Å². The van der Waals surface area contributed by atoms with Crippen molar-refractivity contribution in [1.29, 1.82) is 0 Å². The highest BCUT2D eigenvalue weighted by atomic mass is 35.5. The molecule has 2 rings (SSSR count). The number of ether oxygens (including phenoxy) is 2. The van der Waals surface area contributed by atoms with E-state index in [2.05, 4.69) is 10.2 Å². The number of amides is 1. The molecular formula is C17H28ClN3O3. The van der Waals surface area contributed by atoms with E-state index in [-0.39, 0.29) is 24.2 Å². The van der Waals surface area contributed by atoms with Gasteiger partial charge in [-0.25, -0.2) is 0 Å². The second-order valence-electron chi connectivity index (χ2n) is 5.74. The van der Waals surface area contributed by atoms with Gasteiger partial charge in [0, 0.05) is 26.2 Å². The highest BCUT2D eigenvalue weighted by Gasteiger charge is 2.25. The summed E-state index contributed by atoms with van der Waals surface area (Å²) in [6.45, 7) is 4.29. The number of nitrogens with one attached hydrogen (secondary N) is 1. The van der Waals surface area contributed by atoms with Crippen molar-refractivity contribution in [3.63, 3.8) is 0 Å². The number of methoxy groups -OCH3 is 1. The van der Waals surface area contributed by atoms with Crippen LogP contribution in [0.2, 0.25) is 0 Å². The Morgan fingerprint density at radius 2 is 2.04 bits per heavy atom. The number of benzene rings is 1. The normalized spacial score (nSPS) is 17.7. The SMILES string of the molecule is COc1ccc(OCCN2CCCC(C(=O)NCCN)C2)cc1.Cl. The molecule has 1 aliphatic rings. The molecule has 1 amide bonds. The van der Waals surface area contributed by atoms with Crippen LogP contribution in [-0.2, 0) is 4.79 Å². The standard InChI is InChI=1S/C17H27N3O3.ClH/c1-22-15-4-6-16(7-5-15)23-12-11-20-10-2-3-14(13-20)17(21)19-9-8-18;/h4-7,14H,2-3,8-13,18H2,1H3,(H,19,21);1H. The Hall–Kier alpha value is -1.50. The van der Waals surface area contributed by atoms with Gasteiger partial charge in [-0.05, 0) is 43.7 Å². The third-order valence-electron chi connectivity index (χ3n) is 4.06. The van der Waals surface area contributed by atoms with Gasteiger partial charge in [-0.3, -0.25) is 9.69 Å². The Morgan fingerprint density at radius 1 is 1.33 bits per heavy atom. The van der Waals surface area contributed by atoms with Crippen molar-refractivity contribution >= 4 is 18.3 Å². The third-order valence-corrected chi connectivity index (χ3v) is 4.06. The predicted molar refractivity (Wildman–Crippen MR) is 97.0 cm³/mol. The molecule has 1 aromatic carbocycles. The molecule has 1 heterocycles. The van der Waals surface area contributed by atoms with Crippen LogP contribution in [0.4, 0.5) is 0 Å². The highest BCUT2D eigenvalue weighted by molar-refractivity contribution is 5.85. The number of halogens is 1. The van der Waals surface area contributed by atoms with Crippen molar-refractivity contribution in [2.75, 3.05) is 46.4 Å². The van der Waals surface area contributed by atoms with Crippen LogP contribution >= 0.6 is 12.4 Å². The zero-order valence-electron chi connectivity index (χ0n) is 14.2. The molecule has 0 bridgehead atoms. The van der Waals surface area contributed by atoms with E-state index in [4.69, 9.17) is 15.2 Å². The number of rotatable bonds is 8. The van der Waals surface area contributed by atoms with Gasteiger partial charge in [0.25, 0.3) is 0 Å². The average molecular weight is 358 g/mol. The fourth-order valence-corrected chi connectivity index (χ4v) is 2.78. The summed E-state index contributed by atoms with van der Waals surface area (Å²) in [6, 6.07) is 7.57. The van der Waals surface area contributed by atoms with Gasteiger partial charge in [-0.2, -0.15) is 0 Å². The summed E-state index contributed by atoms with van der Waals surface area (Å²) in [4.78, 5) is 14.3. The lowest BCUT2D eigenvalue weighted by Gasteiger charge is -2.31. The van der Waals surface area contributed by atoms with Crippen LogP contribution in [-0.4, -0.2) is 57.2 Å². The number of likely N-dealkylation sites (tertiary alicyclic amines) is 1. The van der Waals surface area contributed by atoms with Gasteiger partial charge in [0.15, 0.2) is 0 Å². The number of carbonyl (C=O) groups excluding carboxylic acids is 1. The van der Waals surface area contributed by atoms with E-state index in [0.29, 0.717) is 19.7 Å². The first kappa shape index (κ1) is 20.5. The van der Waals surface area contributed by atoms with Crippen LogP contribution in [0.5, 0.6) is 11.5 Å². The highest BCUT2D eigenvalue weighted by Crippen LogP contribution is 2.18. The van der Waals surface area contributed by atoms with E-state index < -0.39 is 0 Å². The molecule has 136 valence electrons. The molecule has 0 saturated carbocycles. The summed E-state index contributed by atoms with van der Waals surface area (Å²) in [5, 5.41) is 2.88. The molecule has 0 aromatic heterocycles. The minimum atomic E-state index is 0. The maximum Gasteiger partial charge on any atom is 0.224 e. The summed E-state index contributed by atoms with van der Waals surface area (Å²) in [5.41, 5.74) is 5.42. The van der Waals surface area contributed by atoms with Gasteiger partial charge in [-0.1, -0.05) is 0 Å². The van der Waals surface area contributed by atoms with Crippen LogP contribution in [0.3, 0.4) is 0 Å². The van der Waals surface area contributed by atoms with Crippen molar-refractivity contribution in [3.05, 3.63) is 24.3 Å². The zero-order chi connectivity index (χ0) is 16.5. The van der Waals surface area contributed by atoms with E-state index in [1.165, 1.54) is 0 Å². The monoisotopic (exact) mass is 357 g/mol. The van der Waals surface area contributed by atoms with E-state index in [1.807, 2.05) is 24.3 Å². The lowest BCUT2D eigenvalue weighted by Crippen LogP contribution is -2.45. The lowest BCUT2D eigenvalue weighted by molar-refractivity contribution is -0.126. The zero-order valence-corrected chi connectivity index (χ0v) is 15.0. The van der Waals surface area contributed by atoms with Gasteiger partial charge < -0.3 is 20.5 Å². The fraction of sp³-hybridized carbons (Fsp3) is 0.588. The average Bonchev–Trinajstić information content (AvgIpc) is 2.60. The van der Waals surface area contributed by atoms with Gasteiger partial charge >= 0.3 is 0 Å². The predicted octanol–water partition coefficient (Wildman–Crippen LogP) is 1.28. The summed E-state index contributed by atoms with van der Waals surface area (Å²) < 4.78 is 10.9. The first-order valence-corrected chi connectivity index (χ1v) is 8.20. The lowest BCUT2D eigenvalue weighted by atomic mass is 9.97. The molecule has 0 spiro atoms. The van der Waals surface area contributed by atoms with E-state index in [9.17, 15) is 4.79 Å². The van der Waals surface area contributed by atoms with E-state index >= 15 is 0 Å². The Balaban J connectivity index is 0.00000288. The second-order valence-corrected chi connectivity index (χ2v) is 5.74. The van der Waals surface area contributed by atoms with E-state index in [0.717, 1.165) is 44.0 Å². The fourth-order valence-electron chi connectivity index (χ4n) is 2.78. The summed E-state index contributed by atoms with van der Waals surface area (Å²) in [7, 11) is 1.65. The van der Waals surface area contributed by atoms with Gasteiger partial charge in [0.05, 0.1) is 13.0 Å². The summed E-state index contributed by atoms with van der Waals surface area (Å²) in [6.07, 6.45) is 2.00. The first-order valence-electron chi connectivity index (χ1n) is 8.20. The molecule has 1 atom stereocenters. The van der Waals surface area contributed by atoms with Crippen molar-refractivity contribution in [3.8, 4) is 11.5 Å². The summed E-state index contributed by atoms with van der Waals surface area (Å²) in [5.74, 6) is 1.84. The molecule has 1 saturated heterocycles. The van der Waals surface area contributed by atoms with Gasteiger partial charge in [0.2, 0.25) is 5.91 Å². The number of hydrogen-bond donors (Lipinski definition) is 2. The number of nitrogens with zero attached hydrogens (tertiary/aromatic N) is 1. The maximum absolute atomic E-state index is 12.0. The van der Waals surface area contributed by atoms with Crippen LogP contribution in [0.15, 0.2) is 24.3 Å². The first-order chi connectivity index (χ1) is 11.2. The Bertz CT molecular complexity index is 484. The maximum atomic E-state index is 12.0. The topological polar surface area (TPSA) is 76.8 Å². The minimum Gasteiger partial charge on any atom is -0.497 e. The molecule has 0 aliphatic carbocycles. The quantitative estimate of drug-likeness (QED) is 0.733. The molecule has 1 unspecified atom stereocenters. The van der Waals surface area contributed by atoms with Gasteiger partial charge in [0.1, 0.15) is 18.1 Å². The van der Waals surface area contributed by atoms with Crippen LogP contribution < -0.4 is 20.5 Å². The molecule has 3 N–H and O–H groups in total. The molecule has 0 radical (unpaired) electrons. The number of nitrogens with two attached hydrogens (primary N) is 1. The molecule has 1 aliphatic heterocycles. The van der Waals surface area contributed by atoms with Crippen LogP contribution in [0.25, 0.3) is 0 Å². The van der Waals surface area contributed by atoms with Crippen molar-refractivity contribution in [1.82, 2.24) is 10.2 Å². The molecule has 6 nitrogen and oxygen atoms in total. The van der Waals surface area contributed by atoms with E-state index in [1.54, 1.807) is 7.11 Å². The number of piperidine rings is 1.